The van der Waals surface area contributed by atoms with Crippen molar-refractivity contribution in [1.82, 2.24) is 10.6 Å². The van der Waals surface area contributed by atoms with Gasteiger partial charge in [-0.25, -0.2) is 4.79 Å². The topological polar surface area (TPSA) is 200 Å². The summed E-state index contributed by atoms with van der Waals surface area (Å²) in [4.78, 5) is 72.0. The van der Waals surface area contributed by atoms with Crippen molar-refractivity contribution in [2.75, 3.05) is 46.6 Å². The number of unbranched alkanes of at least 4 members (excludes halogenated alkanes) is 7. The van der Waals surface area contributed by atoms with Crippen LogP contribution in [0.3, 0.4) is 0 Å². The number of carbonyl (C=O) groups is 6. The molecule has 2 aliphatic rings. The van der Waals surface area contributed by atoms with E-state index in [1.165, 1.54) is 6.92 Å². The zero-order valence-corrected chi connectivity index (χ0v) is 31.3. The van der Waals surface area contributed by atoms with Crippen LogP contribution < -0.4 is 10.6 Å². The third-order valence-electron chi connectivity index (χ3n) is 8.34. The van der Waals surface area contributed by atoms with Crippen LogP contribution in [0.15, 0.2) is 0 Å². The molecule has 2 heterocycles. The van der Waals surface area contributed by atoms with E-state index in [2.05, 4.69) is 10.6 Å². The van der Waals surface area contributed by atoms with E-state index in [1.807, 2.05) is 0 Å². The number of hydrogen-bond donors (Lipinski definition) is 2. The second-order valence-corrected chi connectivity index (χ2v) is 13.2. The molecule has 0 bridgehead atoms. The molecule has 6 atom stereocenters. The first-order chi connectivity index (χ1) is 25.0. The molecule has 2 aliphatic heterocycles. The summed E-state index contributed by atoms with van der Waals surface area (Å²) in [6, 6.07) is 0. The first-order valence-corrected chi connectivity index (χ1v) is 18.6. The summed E-state index contributed by atoms with van der Waals surface area (Å²) in [5.74, 6) is -1.97. The van der Waals surface area contributed by atoms with Crippen molar-refractivity contribution in [2.24, 2.45) is 0 Å². The van der Waals surface area contributed by atoms with E-state index in [9.17, 15) is 28.8 Å². The zero-order chi connectivity index (χ0) is 38.1. The number of hydrogen-bond acceptors (Lipinski definition) is 14. The minimum absolute atomic E-state index is 0.0330. The lowest BCUT2D eigenvalue weighted by Crippen LogP contribution is -2.36. The van der Waals surface area contributed by atoms with Crippen molar-refractivity contribution in [3.63, 3.8) is 0 Å². The van der Waals surface area contributed by atoms with Crippen LogP contribution in [0.2, 0.25) is 0 Å². The van der Waals surface area contributed by atoms with Crippen LogP contribution in [0.25, 0.3) is 0 Å². The molecule has 6 unspecified atom stereocenters. The van der Waals surface area contributed by atoms with Gasteiger partial charge in [-0.1, -0.05) is 19.3 Å². The number of esters is 4. The van der Waals surface area contributed by atoms with Gasteiger partial charge in [-0.15, -0.1) is 0 Å². The van der Waals surface area contributed by atoms with E-state index in [1.54, 1.807) is 21.0 Å². The normalized spacial score (nSPS) is 20.2. The van der Waals surface area contributed by atoms with E-state index in [4.69, 9.17) is 37.9 Å². The van der Waals surface area contributed by atoms with Crippen LogP contribution in [-0.4, -0.2) is 119 Å². The molecule has 0 radical (unpaired) electrons. The van der Waals surface area contributed by atoms with Crippen LogP contribution in [0.5, 0.6) is 0 Å². The standard InChI is InChI=1S/C36H60N2O14/c1-25(49-30(40)15-9-7-13-19-45-4)21-32(42)51-28-23-47-35-29(24-48-34(28)35)52-33(43)22-26(2)50-31(41)16-10-8-14-20-46-36(44)38-18-12-6-5-11-17-37-27(3)39/h25-26,28-29,34-35H,5-24H2,1-4H3,(H,37,39)(H,38,44). The number of ether oxygens (including phenoxy) is 8. The fraction of sp³-hybridized carbons (Fsp3) is 0.833. The number of alkyl carbamates (subject to hydrolysis) is 1. The summed E-state index contributed by atoms with van der Waals surface area (Å²) in [6.07, 6.45) is 3.60. The third kappa shape index (κ3) is 19.9. The molecule has 0 aliphatic carbocycles. The van der Waals surface area contributed by atoms with Crippen LogP contribution in [0.4, 0.5) is 4.79 Å². The molecule has 0 aromatic heterocycles. The van der Waals surface area contributed by atoms with Gasteiger partial charge in [0.25, 0.3) is 0 Å². The summed E-state index contributed by atoms with van der Waals surface area (Å²) >= 11 is 0. The summed E-state index contributed by atoms with van der Waals surface area (Å²) < 4.78 is 43.4. The molecule has 16 nitrogen and oxygen atoms in total. The van der Waals surface area contributed by atoms with Crippen molar-refractivity contribution >= 4 is 35.9 Å². The van der Waals surface area contributed by atoms with E-state index in [0.717, 1.165) is 38.5 Å². The molecule has 298 valence electrons. The van der Waals surface area contributed by atoms with Gasteiger partial charge in [0.2, 0.25) is 5.91 Å². The molecule has 16 heteroatoms. The van der Waals surface area contributed by atoms with Gasteiger partial charge in [-0.3, -0.25) is 24.0 Å². The molecular weight excluding hydrogens is 684 g/mol. The van der Waals surface area contributed by atoms with Crippen molar-refractivity contribution in [1.29, 1.82) is 0 Å². The first-order valence-electron chi connectivity index (χ1n) is 18.6. The van der Waals surface area contributed by atoms with E-state index in [0.29, 0.717) is 45.4 Å². The number of methoxy groups -OCH3 is 1. The lowest BCUT2D eigenvalue weighted by Gasteiger charge is -2.19. The largest absolute Gasteiger partial charge is 0.462 e. The molecule has 2 amide bonds. The maximum atomic E-state index is 12.6. The number of nitrogens with one attached hydrogen (secondary N) is 2. The Kier molecular flexibility index (Phi) is 22.6. The maximum absolute atomic E-state index is 12.6. The zero-order valence-electron chi connectivity index (χ0n) is 31.3. The van der Waals surface area contributed by atoms with Crippen molar-refractivity contribution in [3.8, 4) is 0 Å². The Balaban J connectivity index is 1.51. The van der Waals surface area contributed by atoms with Gasteiger partial charge in [-0.05, 0) is 58.8 Å². The van der Waals surface area contributed by atoms with Gasteiger partial charge in [0.05, 0.1) is 32.7 Å². The second-order valence-electron chi connectivity index (χ2n) is 13.2. The fourth-order valence-electron chi connectivity index (χ4n) is 5.70. The first kappa shape index (κ1) is 44.7. The van der Waals surface area contributed by atoms with Crippen LogP contribution >= 0.6 is 0 Å². The highest BCUT2D eigenvalue weighted by Gasteiger charge is 2.51. The molecule has 2 N–H and O–H groups in total. The quantitative estimate of drug-likeness (QED) is 0.0704. The van der Waals surface area contributed by atoms with Crippen molar-refractivity contribution in [3.05, 3.63) is 0 Å². The molecule has 0 saturated carbocycles. The van der Waals surface area contributed by atoms with Crippen molar-refractivity contribution in [2.45, 2.75) is 147 Å². The predicted octanol–water partition coefficient (Wildman–Crippen LogP) is 3.44. The monoisotopic (exact) mass is 744 g/mol. The Labute approximate surface area is 306 Å². The number of fused-ring (bicyclic) bond motifs is 1. The molecule has 0 aromatic carbocycles. The highest BCUT2D eigenvalue weighted by Crippen LogP contribution is 2.31. The van der Waals surface area contributed by atoms with Crippen LogP contribution in [0, 0.1) is 0 Å². The Morgan fingerprint density at radius 2 is 1.08 bits per heavy atom. The van der Waals surface area contributed by atoms with E-state index >= 15 is 0 Å². The Morgan fingerprint density at radius 3 is 1.56 bits per heavy atom. The molecule has 52 heavy (non-hydrogen) atoms. The minimum Gasteiger partial charge on any atom is -0.462 e. The summed E-state index contributed by atoms with van der Waals surface area (Å²) in [7, 11) is 1.63. The fourth-order valence-corrected chi connectivity index (χ4v) is 5.70. The minimum atomic E-state index is -0.704. The molecule has 2 rings (SSSR count). The lowest BCUT2D eigenvalue weighted by atomic mass is 10.1. The van der Waals surface area contributed by atoms with Gasteiger partial charge in [-0.2, -0.15) is 0 Å². The smallest absolute Gasteiger partial charge is 0.407 e. The highest BCUT2D eigenvalue weighted by atomic mass is 16.7. The van der Waals surface area contributed by atoms with Gasteiger partial charge in [0.15, 0.2) is 12.2 Å². The SMILES string of the molecule is COCCCCCC(=O)OC(C)CC(=O)OC1COC2C(OC(=O)CC(C)OC(=O)CCCCCOC(=O)NCCCCCCNC(C)=O)COC12. The van der Waals surface area contributed by atoms with Crippen LogP contribution in [-0.2, 0) is 61.9 Å². The Morgan fingerprint density at radius 1 is 0.615 bits per heavy atom. The van der Waals surface area contributed by atoms with Gasteiger partial charge < -0.3 is 48.5 Å². The Bertz CT molecular complexity index is 1100. The average molecular weight is 745 g/mol. The molecule has 0 aromatic rings. The third-order valence-corrected chi connectivity index (χ3v) is 8.34. The average Bonchev–Trinajstić information content (AvgIpc) is 3.66. The Hall–Kier alpha value is -3.50. The van der Waals surface area contributed by atoms with Gasteiger partial charge in [0.1, 0.15) is 24.4 Å². The number of rotatable bonds is 27. The predicted molar refractivity (Wildman–Crippen MR) is 185 cm³/mol. The second kappa shape index (κ2) is 26.3. The summed E-state index contributed by atoms with van der Waals surface area (Å²) in [5.41, 5.74) is 0. The van der Waals surface area contributed by atoms with Gasteiger partial charge >= 0.3 is 30.0 Å². The number of carbonyl (C=O) groups excluding carboxylic acids is 6. The molecule has 2 saturated heterocycles. The van der Waals surface area contributed by atoms with E-state index in [-0.39, 0.29) is 57.4 Å². The maximum Gasteiger partial charge on any atom is 0.407 e. The lowest BCUT2D eigenvalue weighted by molar-refractivity contribution is -0.160. The van der Waals surface area contributed by atoms with Crippen LogP contribution in [0.1, 0.15) is 111 Å². The highest BCUT2D eigenvalue weighted by molar-refractivity contribution is 5.74. The molecular formula is C36H60N2O14. The molecule has 0 spiro atoms. The van der Waals surface area contributed by atoms with Crippen molar-refractivity contribution < 1.29 is 66.7 Å². The van der Waals surface area contributed by atoms with E-state index < -0.39 is 60.6 Å². The molecule has 2 fully saturated rings. The number of amides is 2. The summed E-state index contributed by atoms with van der Waals surface area (Å²) in [6.45, 7) is 6.94. The van der Waals surface area contributed by atoms with Gasteiger partial charge in [0, 0.05) is 46.6 Å². The summed E-state index contributed by atoms with van der Waals surface area (Å²) in [5, 5.41) is 5.46.